The Labute approximate surface area is 160 Å². The van der Waals surface area contributed by atoms with Gasteiger partial charge in [-0.2, -0.15) is 0 Å². The molecule has 1 fully saturated rings. The van der Waals surface area contributed by atoms with Gasteiger partial charge in [0.05, 0.1) is 17.4 Å². The lowest BCUT2D eigenvalue weighted by Crippen LogP contribution is -2.39. The van der Waals surface area contributed by atoms with Crippen molar-refractivity contribution in [3.8, 4) is 0 Å². The molecule has 2 heterocycles. The fourth-order valence-electron chi connectivity index (χ4n) is 3.55. The topological polar surface area (TPSA) is 45.2 Å². The van der Waals surface area contributed by atoms with Crippen molar-refractivity contribution >= 4 is 23.2 Å². The smallest absolute Gasteiger partial charge is 0.252 e. The summed E-state index contributed by atoms with van der Waals surface area (Å²) in [7, 11) is 0. The largest absolute Gasteiger partial charge is 0.367 e. The van der Waals surface area contributed by atoms with Gasteiger partial charge in [-0.25, -0.2) is 0 Å². The van der Waals surface area contributed by atoms with Crippen LogP contribution in [0.3, 0.4) is 0 Å². The van der Waals surface area contributed by atoms with E-state index in [-0.39, 0.29) is 5.91 Å². The first-order valence-corrected chi connectivity index (χ1v) is 9.79. The Morgan fingerprint density at radius 3 is 2.85 bits per heavy atom. The molecule has 1 aromatic heterocycles. The molecule has 1 aliphatic rings. The van der Waals surface area contributed by atoms with Gasteiger partial charge in [0.15, 0.2) is 0 Å². The van der Waals surface area contributed by atoms with Crippen LogP contribution >= 0.6 is 11.6 Å². The zero-order valence-corrected chi connectivity index (χ0v) is 16.0. The van der Waals surface area contributed by atoms with Crippen molar-refractivity contribution in [2.75, 3.05) is 18.0 Å². The summed E-state index contributed by atoms with van der Waals surface area (Å²) in [6, 6.07) is 10.2. The summed E-state index contributed by atoms with van der Waals surface area (Å²) in [6.45, 7) is 3.86. The number of carbonyl (C=O) groups excluding carboxylic acids is 1. The summed E-state index contributed by atoms with van der Waals surface area (Å²) in [5.41, 5.74) is 2.83. The van der Waals surface area contributed by atoms with Crippen molar-refractivity contribution < 1.29 is 4.79 Å². The molecule has 0 bridgehead atoms. The van der Waals surface area contributed by atoms with Crippen LogP contribution in [0.15, 0.2) is 42.7 Å². The molecule has 2 aromatic rings. The maximum Gasteiger partial charge on any atom is 0.252 e. The SMILES string of the molecule is CCC1CCCCN1c1cncc(C(=O)NCCc2ccc(Cl)cc2)c1. The molecule has 1 N–H and O–H groups in total. The Hall–Kier alpha value is -2.07. The molecule has 3 rings (SSSR count). The number of nitrogens with zero attached hydrogens (tertiary/aromatic N) is 2. The number of amides is 1. The van der Waals surface area contributed by atoms with Gasteiger partial charge in [-0.15, -0.1) is 0 Å². The number of aromatic nitrogens is 1. The fourth-order valence-corrected chi connectivity index (χ4v) is 3.67. The first kappa shape index (κ1) is 18.7. The lowest BCUT2D eigenvalue weighted by Gasteiger charge is -2.37. The number of piperidine rings is 1. The lowest BCUT2D eigenvalue weighted by molar-refractivity contribution is 0.0954. The van der Waals surface area contributed by atoms with E-state index in [1.165, 1.54) is 19.3 Å². The standard InChI is InChI=1S/C21H26ClN3O/c1-2-19-5-3-4-12-25(19)20-13-17(14-23-15-20)21(26)24-11-10-16-6-8-18(22)9-7-16/h6-9,13-15,19H,2-5,10-12H2,1H3,(H,24,26). The normalized spacial score (nSPS) is 17.2. The summed E-state index contributed by atoms with van der Waals surface area (Å²) in [6.07, 6.45) is 9.12. The fraction of sp³-hybridized carbons (Fsp3) is 0.429. The van der Waals surface area contributed by atoms with Gasteiger partial charge in [0, 0.05) is 30.4 Å². The first-order valence-electron chi connectivity index (χ1n) is 9.41. The highest BCUT2D eigenvalue weighted by molar-refractivity contribution is 6.30. The van der Waals surface area contributed by atoms with Gasteiger partial charge >= 0.3 is 0 Å². The van der Waals surface area contributed by atoms with Crippen LogP contribution in [0.2, 0.25) is 5.02 Å². The third-order valence-electron chi connectivity index (χ3n) is 5.03. The summed E-state index contributed by atoms with van der Waals surface area (Å²) >= 11 is 5.90. The molecule has 0 aliphatic carbocycles. The third kappa shape index (κ3) is 4.76. The number of anilines is 1. The van der Waals surface area contributed by atoms with Crippen LogP contribution in [0.1, 0.15) is 48.5 Å². The van der Waals surface area contributed by atoms with E-state index in [1.807, 2.05) is 36.5 Å². The van der Waals surface area contributed by atoms with E-state index in [0.717, 1.165) is 35.7 Å². The van der Waals surface area contributed by atoms with Crippen LogP contribution in [-0.4, -0.2) is 30.0 Å². The zero-order chi connectivity index (χ0) is 18.4. The number of pyridine rings is 1. The molecule has 1 atom stereocenters. The van der Waals surface area contributed by atoms with E-state index in [0.29, 0.717) is 18.2 Å². The molecule has 4 nitrogen and oxygen atoms in total. The average Bonchev–Trinajstić information content (AvgIpc) is 2.69. The summed E-state index contributed by atoms with van der Waals surface area (Å²) < 4.78 is 0. The number of hydrogen-bond acceptors (Lipinski definition) is 3. The number of carbonyl (C=O) groups is 1. The Balaban J connectivity index is 1.60. The second-order valence-electron chi connectivity index (χ2n) is 6.82. The van der Waals surface area contributed by atoms with Crippen molar-refractivity contribution in [2.45, 2.75) is 45.1 Å². The molecule has 138 valence electrons. The predicted octanol–water partition coefficient (Wildman–Crippen LogP) is 4.48. The minimum atomic E-state index is -0.0710. The van der Waals surface area contributed by atoms with E-state index >= 15 is 0 Å². The van der Waals surface area contributed by atoms with Gasteiger partial charge in [-0.3, -0.25) is 9.78 Å². The molecule has 1 unspecified atom stereocenters. The van der Waals surface area contributed by atoms with E-state index in [2.05, 4.69) is 22.1 Å². The van der Waals surface area contributed by atoms with Crippen molar-refractivity contribution in [3.05, 3.63) is 58.9 Å². The lowest BCUT2D eigenvalue weighted by atomic mass is 9.99. The molecule has 0 saturated carbocycles. The Morgan fingerprint density at radius 2 is 2.08 bits per heavy atom. The monoisotopic (exact) mass is 371 g/mol. The van der Waals surface area contributed by atoms with E-state index in [9.17, 15) is 4.79 Å². The predicted molar refractivity (Wildman–Crippen MR) is 107 cm³/mol. The van der Waals surface area contributed by atoms with Crippen molar-refractivity contribution in [2.24, 2.45) is 0 Å². The molecule has 5 heteroatoms. The van der Waals surface area contributed by atoms with Gasteiger partial charge in [0.2, 0.25) is 0 Å². The molecule has 1 amide bonds. The number of benzene rings is 1. The summed E-state index contributed by atoms with van der Waals surface area (Å²) in [5, 5.41) is 3.71. The molecule has 1 aromatic carbocycles. The minimum absolute atomic E-state index is 0.0710. The number of nitrogens with one attached hydrogen (secondary N) is 1. The van der Waals surface area contributed by atoms with Crippen molar-refractivity contribution in [3.63, 3.8) is 0 Å². The van der Waals surface area contributed by atoms with Crippen molar-refractivity contribution in [1.82, 2.24) is 10.3 Å². The number of hydrogen-bond donors (Lipinski definition) is 1. The molecule has 1 aliphatic heterocycles. The Bertz CT molecular complexity index is 732. The molecule has 26 heavy (non-hydrogen) atoms. The minimum Gasteiger partial charge on any atom is -0.367 e. The summed E-state index contributed by atoms with van der Waals surface area (Å²) in [4.78, 5) is 19.2. The van der Waals surface area contributed by atoms with Crippen LogP contribution in [0.25, 0.3) is 0 Å². The molecular weight excluding hydrogens is 346 g/mol. The Kier molecular flexibility index (Phi) is 6.51. The van der Waals surface area contributed by atoms with Crippen LogP contribution in [0, 0.1) is 0 Å². The van der Waals surface area contributed by atoms with Crippen LogP contribution in [0.4, 0.5) is 5.69 Å². The van der Waals surface area contributed by atoms with E-state index in [1.54, 1.807) is 6.20 Å². The van der Waals surface area contributed by atoms with Gasteiger partial charge in [0.1, 0.15) is 0 Å². The second kappa shape index (κ2) is 9.04. The number of rotatable bonds is 6. The number of halogens is 1. The second-order valence-corrected chi connectivity index (χ2v) is 7.25. The van der Waals surface area contributed by atoms with Crippen LogP contribution in [0.5, 0.6) is 0 Å². The molecule has 0 spiro atoms. The van der Waals surface area contributed by atoms with E-state index in [4.69, 9.17) is 11.6 Å². The van der Waals surface area contributed by atoms with Gasteiger partial charge < -0.3 is 10.2 Å². The highest BCUT2D eigenvalue weighted by atomic mass is 35.5. The highest BCUT2D eigenvalue weighted by Gasteiger charge is 2.22. The summed E-state index contributed by atoms with van der Waals surface area (Å²) in [5.74, 6) is -0.0710. The quantitative estimate of drug-likeness (QED) is 0.814. The van der Waals surface area contributed by atoms with Gasteiger partial charge in [-0.05, 0) is 55.9 Å². The Morgan fingerprint density at radius 1 is 1.27 bits per heavy atom. The van der Waals surface area contributed by atoms with Gasteiger partial charge in [0.25, 0.3) is 5.91 Å². The van der Waals surface area contributed by atoms with Gasteiger partial charge in [-0.1, -0.05) is 30.7 Å². The highest BCUT2D eigenvalue weighted by Crippen LogP contribution is 2.26. The van der Waals surface area contributed by atoms with E-state index < -0.39 is 0 Å². The first-order chi connectivity index (χ1) is 12.7. The average molecular weight is 372 g/mol. The zero-order valence-electron chi connectivity index (χ0n) is 15.2. The molecular formula is C21H26ClN3O. The molecule has 0 radical (unpaired) electrons. The maximum atomic E-state index is 12.5. The third-order valence-corrected chi connectivity index (χ3v) is 5.28. The van der Waals surface area contributed by atoms with Crippen LogP contribution < -0.4 is 10.2 Å². The molecule has 1 saturated heterocycles. The maximum absolute atomic E-state index is 12.5. The van der Waals surface area contributed by atoms with Crippen molar-refractivity contribution in [1.29, 1.82) is 0 Å². The van der Waals surface area contributed by atoms with Crippen LogP contribution in [-0.2, 0) is 6.42 Å².